The summed E-state index contributed by atoms with van der Waals surface area (Å²) in [5.41, 5.74) is 2.24. The molecule has 2 aromatic rings. The van der Waals surface area contributed by atoms with Crippen molar-refractivity contribution in [3.8, 4) is 11.3 Å². The summed E-state index contributed by atoms with van der Waals surface area (Å²) in [6.07, 6.45) is 0.836. The molecule has 0 aliphatic rings. The van der Waals surface area contributed by atoms with E-state index in [2.05, 4.69) is 10.2 Å². The lowest BCUT2D eigenvalue weighted by Gasteiger charge is -2.02. The Balaban J connectivity index is 2.38. The number of nitrogens with zero attached hydrogens (tertiary/aromatic N) is 2. The molecule has 1 aromatic heterocycles. The van der Waals surface area contributed by atoms with Crippen molar-refractivity contribution in [2.24, 2.45) is 0 Å². The zero-order valence-corrected chi connectivity index (χ0v) is 9.50. The van der Waals surface area contributed by atoms with Gasteiger partial charge >= 0.3 is 0 Å². The molecule has 0 atom stereocenters. The summed E-state index contributed by atoms with van der Waals surface area (Å²) >= 11 is 5.60. The van der Waals surface area contributed by atoms with Gasteiger partial charge in [-0.15, -0.1) is 0 Å². The van der Waals surface area contributed by atoms with Gasteiger partial charge in [-0.25, -0.2) is 4.39 Å². The molecule has 4 heteroatoms. The Kier molecular flexibility index (Phi) is 3.15. The Morgan fingerprint density at radius 1 is 1.19 bits per heavy atom. The Labute approximate surface area is 98.1 Å². The summed E-state index contributed by atoms with van der Waals surface area (Å²) in [5, 5.41) is 8.16. The Morgan fingerprint density at radius 2 is 2.00 bits per heavy atom. The van der Waals surface area contributed by atoms with Gasteiger partial charge in [0.15, 0.2) is 0 Å². The number of hydrogen-bond acceptors (Lipinski definition) is 2. The third-order valence-corrected chi connectivity index (χ3v) is 2.60. The van der Waals surface area contributed by atoms with E-state index in [4.69, 9.17) is 11.6 Å². The number of halogens is 2. The Morgan fingerprint density at radius 3 is 2.56 bits per heavy atom. The van der Waals surface area contributed by atoms with Crippen LogP contribution in [0.2, 0.25) is 5.02 Å². The van der Waals surface area contributed by atoms with Crippen molar-refractivity contribution in [2.45, 2.75) is 13.3 Å². The number of aryl methyl sites for hydroxylation is 1. The molecule has 0 saturated carbocycles. The van der Waals surface area contributed by atoms with Crippen molar-refractivity contribution >= 4 is 11.6 Å². The van der Waals surface area contributed by atoms with Gasteiger partial charge in [0.25, 0.3) is 0 Å². The molecule has 2 rings (SSSR count). The maximum absolute atomic E-state index is 13.2. The van der Waals surface area contributed by atoms with E-state index in [1.165, 1.54) is 12.1 Å². The van der Waals surface area contributed by atoms with Gasteiger partial charge < -0.3 is 0 Å². The van der Waals surface area contributed by atoms with Crippen molar-refractivity contribution in [3.05, 3.63) is 46.9 Å². The quantitative estimate of drug-likeness (QED) is 0.798. The van der Waals surface area contributed by atoms with Crippen LogP contribution in [0.15, 0.2) is 30.3 Å². The topological polar surface area (TPSA) is 25.8 Å². The lowest BCUT2D eigenvalue weighted by Crippen LogP contribution is -1.93. The van der Waals surface area contributed by atoms with E-state index in [-0.39, 0.29) is 5.02 Å². The molecule has 0 bridgehead atoms. The van der Waals surface area contributed by atoms with E-state index in [1.807, 2.05) is 19.1 Å². The third-order valence-electron chi connectivity index (χ3n) is 2.30. The van der Waals surface area contributed by atoms with Crippen LogP contribution < -0.4 is 0 Å². The first kappa shape index (κ1) is 11.0. The smallest absolute Gasteiger partial charge is 0.142 e. The Bertz CT molecular complexity index is 497. The molecule has 0 saturated heterocycles. The van der Waals surface area contributed by atoms with Gasteiger partial charge in [0.1, 0.15) is 5.82 Å². The van der Waals surface area contributed by atoms with Crippen LogP contribution in [0.3, 0.4) is 0 Å². The van der Waals surface area contributed by atoms with Gasteiger partial charge in [-0.3, -0.25) is 0 Å². The summed E-state index contributed by atoms with van der Waals surface area (Å²) in [5.74, 6) is -0.444. The number of benzene rings is 1. The molecule has 0 aliphatic heterocycles. The second-order valence-corrected chi connectivity index (χ2v) is 3.80. The van der Waals surface area contributed by atoms with Crippen molar-refractivity contribution < 1.29 is 4.39 Å². The van der Waals surface area contributed by atoms with Crippen LogP contribution in [-0.2, 0) is 6.42 Å². The minimum atomic E-state index is -0.444. The van der Waals surface area contributed by atoms with E-state index >= 15 is 0 Å². The molecular weight excluding hydrogens is 227 g/mol. The van der Waals surface area contributed by atoms with Crippen LogP contribution in [0.25, 0.3) is 11.3 Å². The van der Waals surface area contributed by atoms with Crippen LogP contribution in [-0.4, -0.2) is 10.2 Å². The number of hydrogen-bond donors (Lipinski definition) is 0. The Hall–Kier alpha value is -1.48. The van der Waals surface area contributed by atoms with Crippen LogP contribution >= 0.6 is 11.6 Å². The molecule has 0 radical (unpaired) electrons. The van der Waals surface area contributed by atoms with Gasteiger partial charge in [0.05, 0.1) is 16.4 Å². The van der Waals surface area contributed by atoms with Gasteiger partial charge in [0.2, 0.25) is 0 Å². The summed E-state index contributed by atoms with van der Waals surface area (Å²) in [4.78, 5) is 0. The molecule has 0 amide bonds. The van der Waals surface area contributed by atoms with Crippen molar-refractivity contribution in [3.63, 3.8) is 0 Å². The fraction of sp³-hybridized carbons (Fsp3) is 0.167. The van der Waals surface area contributed by atoms with Gasteiger partial charge in [0, 0.05) is 5.56 Å². The molecule has 0 spiro atoms. The van der Waals surface area contributed by atoms with Crippen LogP contribution in [0, 0.1) is 5.82 Å². The minimum absolute atomic E-state index is 0.113. The van der Waals surface area contributed by atoms with E-state index < -0.39 is 5.82 Å². The molecule has 82 valence electrons. The first-order valence-electron chi connectivity index (χ1n) is 4.98. The highest BCUT2D eigenvalue weighted by atomic mass is 35.5. The molecule has 16 heavy (non-hydrogen) atoms. The van der Waals surface area contributed by atoms with E-state index in [1.54, 1.807) is 6.07 Å². The molecule has 1 aromatic carbocycles. The highest BCUT2D eigenvalue weighted by Crippen LogP contribution is 2.22. The molecule has 0 fully saturated rings. The molecule has 1 heterocycles. The standard InChI is InChI=1S/C12H10ClFN2/c1-2-9-4-6-12(16-15-9)8-3-5-10(13)11(14)7-8/h3-7H,2H2,1H3. The van der Waals surface area contributed by atoms with E-state index in [9.17, 15) is 4.39 Å². The third kappa shape index (κ3) is 2.19. The second-order valence-electron chi connectivity index (χ2n) is 3.39. The van der Waals surface area contributed by atoms with Gasteiger partial charge in [-0.1, -0.05) is 24.6 Å². The fourth-order valence-corrected chi connectivity index (χ4v) is 1.48. The maximum atomic E-state index is 13.2. The van der Waals surface area contributed by atoms with Crippen LogP contribution in [0.4, 0.5) is 4.39 Å². The first-order valence-corrected chi connectivity index (χ1v) is 5.36. The summed E-state index contributed by atoms with van der Waals surface area (Å²) in [7, 11) is 0. The summed E-state index contributed by atoms with van der Waals surface area (Å²) in [6.45, 7) is 2.01. The molecule has 0 N–H and O–H groups in total. The SMILES string of the molecule is CCc1ccc(-c2ccc(Cl)c(F)c2)nn1. The van der Waals surface area contributed by atoms with Crippen LogP contribution in [0.5, 0.6) is 0 Å². The highest BCUT2D eigenvalue weighted by Gasteiger charge is 2.04. The molecule has 2 nitrogen and oxygen atoms in total. The van der Waals surface area contributed by atoms with Crippen molar-refractivity contribution in [1.29, 1.82) is 0 Å². The predicted molar refractivity (Wildman–Crippen MR) is 61.8 cm³/mol. The lowest BCUT2D eigenvalue weighted by atomic mass is 10.1. The number of aromatic nitrogens is 2. The molecule has 0 aliphatic carbocycles. The van der Waals surface area contributed by atoms with Gasteiger partial charge in [-0.2, -0.15) is 10.2 Å². The predicted octanol–water partition coefficient (Wildman–Crippen LogP) is 3.50. The average molecular weight is 237 g/mol. The van der Waals surface area contributed by atoms with Crippen molar-refractivity contribution in [1.82, 2.24) is 10.2 Å². The zero-order valence-electron chi connectivity index (χ0n) is 8.74. The molecular formula is C12H10ClFN2. The minimum Gasteiger partial charge on any atom is -0.205 e. The highest BCUT2D eigenvalue weighted by molar-refractivity contribution is 6.30. The first-order chi connectivity index (χ1) is 7.70. The summed E-state index contributed by atoms with van der Waals surface area (Å²) < 4.78 is 13.2. The monoisotopic (exact) mass is 236 g/mol. The number of rotatable bonds is 2. The van der Waals surface area contributed by atoms with Crippen LogP contribution in [0.1, 0.15) is 12.6 Å². The average Bonchev–Trinajstić information content (AvgIpc) is 2.33. The largest absolute Gasteiger partial charge is 0.205 e. The fourth-order valence-electron chi connectivity index (χ4n) is 1.36. The van der Waals surface area contributed by atoms with E-state index in [0.29, 0.717) is 11.3 Å². The normalized spacial score (nSPS) is 10.4. The summed E-state index contributed by atoms with van der Waals surface area (Å²) in [6, 6.07) is 8.31. The van der Waals surface area contributed by atoms with Crippen molar-refractivity contribution in [2.75, 3.05) is 0 Å². The zero-order chi connectivity index (χ0) is 11.5. The maximum Gasteiger partial charge on any atom is 0.142 e. The lowest BCUT2D eigenvalue weighted by molar-refractivity contribution is 0.628. The molecule has 0 unspecified atom stereocenters. The van der Waals surface area contributed by atoms with E-state index in [0.717, 1.165) is 12.1 Å². The van der Waals surface area contributed by atoms with Gasteiger partial charge in [-0.05, 0) is 30.7 Å². The second kappa shape index (κ2) is 4.58.